The van der Waals surface area contributed by atoms with Gasteiger partial charge in [-0.15, -0.1) is 0 Å². The monoisotopic (exact) mass is 355 g/mol. The summed E-state index contributed by atoms with van der Waals surface area (Å²) in [7, 11) is 0. The highest BCUT2D eigenvalue weighted by molar-refractivity contribution is 5.81. The first-order valence-electron chi connectivity index (χ1n) is 9.09. The molecule has 0 aromatic heterocycles. The van der Waals surface area contributed by atoms with Crippen molar-refractivity contribution in [2.75, 3.05) is 19.6 Å². The van der Waals surface area contributed by atoms with Gasteiger partial charge in [0.2, 0.25) is 5.91 Å². The van der Waals surface area contributed by atoms with Crippen molar-refractivity contribution in [3.8, 4) is 0 Å². The molecule has 0 saturated carbocycles. The summed E-state index contributed by atoms with van der Waals surface area (Å²) in [6, 6.07) is 16.3. The lowest BCUT2D eigenvalue weighted by Crippen LogP contribution is -2.44. The summed E-state index contributed by atoms with van der Waals surface area (Å²) in [6.07, 6.45) is 0. The van der Waals surface area contributed by atoms with E-state index in [2.05, 4.69) is 22.3 Å². The molecule has 138 valence electrons. The summed E-state index contributed by atoms with van der Waals surface area (Å²) in [5, 5.41) is 2.95. The van der Waals surface area contributed by atoms with Gasteiger partial charge in [0.1, 0.15) is 5.82 Å². The molecular formula is C21H26FN3O. The van der Waals surface area contributed by atoms with Crippen molar-refractivity contribution in [1.82, 2.24) is 10.2 Å². The molecule has 3 atom stereocenters. The zero-order chi connectivity index (χ0) is 18.5. The van der Waals surface area contributed by atoms with Crippen LogP contribution in [0.3, 0.4) is 0 Å². The van der Waals surface area contributed by atoms with Crippen LogP contribution < -0.4 is 11.1 Å². The molecule has 1 amide bonds. The van der Waals surface area contributed by atoms with E-state index in [0.717, 1.165) is 18.7 Å². The maximum atomic E-state index is 13.0. The molecule has 4 nitrogen and oxygen atoms in total. The van der Waals surface area contributed by atoms with E-state index in [-0.39, 0.29) is 17.8 Å². The maximum Gasteiger partial charge on any atom is 0.237 e. The van der Waals surface area contributed by atoms with Crippen molar-refractivity contribution in [2.24, 2.45) is 11.7 Å². The number of rotatable bonds is 6. The van der Waals surface area contributed by atoms with Crippen LogP contribution >= 0.6 is 0 Å². The van der Waals surface area contributed by atoms with E-state index in [1.165, 1.54) is 17.7 Å². The van der Waals surface area contributed by atoms with Gasteiger partial charge in [-0.1, -0.05) is 42.5 Å². The predicted octanol–water partition coefficient (Wildman–Crippen LogP) is 2.50. The van der Waals surface area contributed by atoms with Crippen LogP contribution in [0.2, 0.25) is 0 Å². The van der Waals surface area contributed by atoms with Gasteiger partial charge >= 0.3 is 0 Å². The molecule has 5 heteroatoms. The minimum atomic E-state index is -0.273. The van der Waals surface area contributed by atoms with Gasteiger partial charge in [0.05, 0.1) is 6.04 Å². The van der Waals surface area contributed by atoms with Crippen molar-refractivity contribution in [2.45, 2.75) is 25.4 Å². The number of hydrogen-bond acceptors (Lipinski definition) is 3. The van der Waals surface area contributed by atoms with Gasteiger partial charge in [-0.3, -0.25) is 9.69 Å². The van der Waals surface area contributed by atoms with Gasteiger partial charge in [0.15, 0.2) is 0 Å². The van der Waals surface area contributed by atoms with Crippen LogP contribution in [0, 0.1) is 11.7 Å². The number of amides is 1. The van der Waals surface area contributed by atoms with Crippen LogP contribution in [0.1, 0.15) is 24.0 Å². The highest BCUT2D eigenvalue weighted by Gasteiger charge is 2.36. The van der Waals surface area contributed by atoms with Gasteiger partial charge in [-0.05, 0) is 42.6 Å². The average molecular weight is 355 g/mol. The number of halogens is 1. The Labute approximate surface area is 154 Å². The lowest BCUT2D eigenvalue weighted by atomic mass is 9.89. The number of carbonyl (C=O) groups is 1. The molecule has 1 unspecified atom stereocenters. The smallest absolute Gasteiger partial charge is 0.237 e. The second-order valence-corrected chi connectivity index (χ2v) is 6.99. The van der Waals surface area contributed by atoms with E-state index in [4.69, 9.17) is 5.73 Å². The minimum Gasteiger partial charge on any atom is -0.351 e. The van der Waals surface area contributed by atoms with E-state index in [9.17, 15) is 9.18 Å². The van der Waals surface area contributed by atoms with Crippen LogP contribution in [0.5, 0.6) is 0 Å². The number of carbonyl (C=O) groups excluding carboxylic acids is 1. The third-order valence-electron chi connectivity index (χ3n) is 5.31. The quantitative estimate of drug-likeness (QED) is 0.837. The predicted molar refractivity (Wildman–Crippen MR) is 101 cm³/mol. The number of nitrogens with one attached hydrogen (secondary N) is 1. The lowest BCUT2D eigenvalue weighted by molar-refractivity contribution is -0.125. The molecule has 0 aliphatic carbocycles. The molecule has 2 aromatic carbocycles. The third kappa shape index (κ3) is 4.29. The number of benzene rings is 2. The standard InChI is InChI=1S/C21H26FN3O/c1-15(21(26)24-12-16-7-9-19(22)10-8-16)25-13-18(11-23)20(14-25)17-5-3-2-4-6-17/h2-10,15,18,20H,11-14,23H2,1H3,(H,24,26)/t15?,18-,20+/m1/s1. The average Bonchev–Trinajstić information content (AvgIpc) is 3.12. The van der Waals surface area contributed by atoms with Gasteiger partial charge in [0, 0.05) is 25.6 Å². The fourth-order valence-corrected chi connectivity index (χ4v) is 3.64. The molecule has 1 aliphatic rings. The summed E-state index contributed by atoms with van der Waals surface area (Å²) < 4.78 is 13.0. The summed E-state index contributed by atoms with van der Waals surface area (Å²) >= 11 is 0. The second-order valence-electron chi connectivity index (χ2n) is 6.99. The molecule has 0 spiro atoms. The lowest BCUT2D eigenvalue weighted by Gasteiger charge is -2.23. The van der Waals surface area contributed by atoms with Gasteiger partial charge in [-0.25, -0.2) is 4.39 Å². The molecule has 2 aromatic rings. The van der Waals surface area contributed by atoms with Crippen molar-refractivity contribution in [1.29, 1.82) is 0 Å². The minimum absolute atomic E-state index is 0.0150. The van der Waals surface area contributed by atoms with Gasteiger partial charge < -0.3 is 11.1 Å². The van der Waals surface area contributed by atoms with Crippen molar-refractivity contribution >= 4 is 5.91 Å². The second kappa shape index (κ2) is 8.43. The highest BCUT2D eigenvalue weighted by Crippen LogP contribution is 2.33. The summed E-state index contributed by atoms with van der Waals surface area (Å²) in [5.41, 5.74) is 8.16. The molecular weight excluding hydrogens is 329 g/mol. The molecule has 26 heavy (non-hydrogen) atoms. The fourth-order valence-electron chi connectivity index (χ4n) is 3.64. The molecule has 1 aliphatic heterocycles. The maximum absolute atomic E-state index is 13.0. The first-order valence-corrected chi connectivity index (χ1v) is 9.09. The fraction of sp³-hybridized carbons (Fsp3) is 0.381. The summed E-state index contributed by atoms with van der Waals surface area (Å²) in [5.74, 6) is 0.419. The van der Waals surface area contributed by atoms with Crippen LogP contribution in [-0.2, 0) is 11.3 Å². The van der Waals surface area contributed by atoms with Crippen molar-refractivity contribution in [3.05, 3.63) is 71.5 Å². The Hall–Kier alpha value is -2.24. The normalized spacial score (nSPS) is 21.5. The molecule has 3 N–H and O–H groups in total. The topological polar surface area (TPSA) is 58.4 Å². The highest BCUT2D eigenvalue weighted by atomic mass is 19.1. The molecule has 3 rings (SSSR count). The summed E-state index contributed by atoms with van der Waals surface area (Å²) in [4.78, 5) is 14.8. The van der Waals surface area contributed by atoms with Crippen LogP contribution in [0.4, 0.5) is 4.39 Å². The van der Waals surface area contributed by atoms with Crippen LogP contribution in [0.25, 0.3) is 0 Å². The number of nitrogens with zero attached hydrogens (tertiary/aromatic N) is 1. The van der Waals surface area contributed by atoms with Crippen LogP contribution in [-0.4, -0.2) is 36.5 Å². The van der Waals surface area contributed by atoms with Crippen molar-refractivity contribution in [3.63, 3.8) is 0 Å². The first-order chi connectivity index (χ1) is 12.6. The Morgan fingerprint density at radius 1 is 1.19 bits per heavy atom. The van der Waals surface area contributed by atoms with E-state index < -0.39 is 0 Å². The Bertz CT molecular complexity index is 720. The molecule has 1 saturated heterocycles. The van der Waals surface area contributed by atoms with E-state index in [1.54, 1.807) is 12.1 Å². The zero-order valence-corrected chi connectivity index (χ0v) is 15.1. The van der Waals surface area contributed by atoms with Gasteiger partial charge in [0.25, 0.3) is 0 Å². The zero-order valence-electron chi connectivity index (χ0n) is 15.1. The number of likely N-dealkylation sites (tertiary alicyclic amines) is 1. The van der Waals surface area contributed by atoms with E-state index >= 15 is 0 Å². The van der Waals surface area contributed by atoms with E-state index in [1.807, 2.05) is 25.1 Å². The molecule has 1 heterocycles. The Morgan fingerprint density at radius 3 is 2.54 bits per heavy atom. The largest absolute Gasteiger partial charge is 0.351 e. The molecule has 0 bridgehead atoms. The Morgan fingerprint density at radius 2 is 1.88 bits per heavy atom. The third-order valence-corrected chi connectivity index (χ3v) is 5.31. The Balaban J connectivity index is 1.59. The Kier molecular flexibility index (Phi) is 6.01. The SMILES string of the molecule is CC(C(=O)NCc1ccc(F)cc1)N1C[C@@H](CN)[C@H](c2ccccc2)C1. The summed E-state index contributed by atoms with van der Waals surface area (Å²) in [6.45, 7) is 4.60. The molecule has 0 radical (unpaired) electrons. The number of nitrogens with two attached hydrogens (primary N) is 1. The molecule has 1 fully saturated rings. The van der Waals surface area contributed by atoms with Gasteiger partial charge in [-0.2, -0.15) is 0 Å². The number of hydrogen-bond donors (Lipinski definition) is 2. The van der Waals surface area contributed by atoms with Crippen molar-refractivity contribution < 1.29 is 9.18 Å². The first kappa shape index (κ1) is 18.5. The van der Waals surface area contributed by atoms with Crippen LogP contribution in [0.15, 0.2) is 54.6 Å². The van der Waals surface area contributed by atoms with E-state index in [0.29, 0.717) is 24.9 Å².